The van der Waals surface area contributed by atoms with Crippen LogP contribution in [0.3, 0.4) is 0 Å². The SMILES string of the molecule is C[C@@H](NC(=O)CC(NC(=O)OC(C)(C)C)c1ccc(F)c(F)c1)c1ccccc1. The maximum Gasteiger partial charge on any atom is 0.408 e. The molecule has 0 saturated heterocycles. The van der Waals surface area contributed by atoms with Crippen LogP contribution in [-0.4, -0.2) is 17.6 Å². The summed E-state index contributed by atoms with van der Waals surface area (Å²) >= 11 is 0. The van der Waals surface area contributed by atoms with Gasteiger partial charge in [-0.2, -0.15) is 0 Å². The van der Waals surface area contributed by atoms with E-state index in [-0.39, 0.29) is 23.9 Å². The van der Waals surface area contributed by atoms with Gasteiger partial charge in [0.2, 0.25) is 5.91 Å². The highest BCUT2D eigenvalue weighted by Gasteiger charge is 2.24. The van der Waals surface area contributed by atoms with E-state index in [2.05, 4.69) is 10.6 Å². The molecule has 2 atom stereocenters. The van der Waals surface area contributed by atoms with Gasteiger partial charge in [0, 0.05) is 0 Å². The Morgan fingerprint density at radius 3 is 2.21 bits per heavy atom. The van der Waals surface area contributed by atoms with E-state index < -0.39 is 29.4 Å². The van der Waals surface area contributed by atoms with Crippen LogP contribution in [0.25, 0.3) is 0 Å². The van der Waals surface area contributed by atoms with Crippen LogP contribution in [0.2, 0.25) is 0 Å². The minimum Gasteiger partial charge on any atom is -0.444 e. The highest BCUT2D eigenvalue weighted by Crippen LogP contribution is 2.21. The second-order valence-electron chi connectivity index (χ2n) is 7.78. The molecular weight excluding hydrogens is 378 g/mol. The van der Waals surface area contributed by atoms with Gasteiger partial charge in [-0.25, -0.2) is 13.6 Å². The molecule has 2 aromatic rings. The summed E-state index contributed by atoms with van der Waals surface area (Å²) in [5, 5.41) is 5.41. The highest BCUT2D eigenvalue weighted by atomic mass is 19.2. The Bertz CT molecular complexity index is 851. The van der Waals surface area contributed by atoms with Crippen molar-refractivity contribution < 1.29 is 23.1 Å². The Labute approximate surface area is 169 Å². The first-order valence-electron chi connectivity index (χ1n) is 9.34. The largest absolute Gasteiger partial charge is 0.444 e. The Morgan fingerprint density at radius 2 is 1.62 bits per heavy atom. The zero-order valence-electron chi connectivity index (χ0n) is 17.0. The molecule has 29 heavy (non-hydrogen) atoms. The second kappa shape index (κ2) is 9.49. The molecule has 0 bridgehead atoms. The molecule has 0 aliphatic carbocycles. The van der Waals surface area contributed by atoms with Gasteiger partial charge in [-0.05, 0) is 51.0 Å². The molecule has 0 heterocycles. The maximum absolute atomic E-state index is 13.7. The van der Waals surface area contributed by atoms with Crippen molar-refractivity contribution in [3.8, 4) is 0 Å². The van der Waals surface area contributed by atoms with Gasteiger partial charge in [0.1, 0.15) is 5.60 Å². The zero-order valence-corrected chi connectivity index (χ0v) is 17.0. The van der Waals surface area contributed by atoms with Crippen molar-refractivity contribution in [3.05, 3.63) is 71.3 Å². The number of ether oxygens (including phenoxy) is 1. The Balaban J connectivity index is 2.14. The lowest BCUT2D eigenvalue weighted by Crippen LogP contribution is -2.38. The summed E-state index contributed by atoms with van der Waals surface area (Å²) in [6.07, 6.45) is -0.919. The predicted octanol–water partition coefficient (Wildman–Crippen LogP) is 4.80. The molecule has 0 fully saturated rings. The predicted molar refractivity (Wildman–Crippen MR) is 106 cm³/mol. The van der Waals surface area contributed by atoms with Crippen LogP contribution in [0.4, 0.5) is 13.6 Å². The summed E-state index contributed by atoms with van der Waals surface area (Å²) < 4.78 is 32.2. The van der Waals surface area contributed by atoms with Gasteiger partial charge in [-0.1, -0.05) is 36.4 Å². The monoisotopic (exact) mass is 404 g/mol. The van der Waals surface area contributed by atoms with Crippen molar-refractivity contribution in [3.63, 3.8) is 0 Å². The van der Waals surface area contributed by atoms with Gasteiger partial charge in [-0.3, -0.25) is 4.79 Å². The molecule has 1 unspecified atom stereocenters. The molecule has 0 aliphatic heterocycles. The molecule has 156 valence electrons. The maximum atomic E-state index is 13.7. The molecule has 0 spiro atoms. The van der Waals surface area contributed by atoms with E-state index in [9.17, 15) is 18.4 Å². The summed E-state index contributed by atoms with van der Waals surface area (Å²) in [6.45, 7) is 6.94. The molecule has 2 aromatic carbocycles. The van der Waals surface area contributed by atoms with Gasteiger partial charge in [0.05, 0.1) is 18.5 Å². The number of carbonyl (C=O) groups is 2. The quantitative estimate of drug-likeness (QED) is 0.727. The first kappa shape index (κ1) is 22.3. The van der Waals surface area contributed by atoms with Crippen molar-refractivity contribution in [2.24, 2.45) is 0 Å². The van der Waals surface area contributed by atoms with Crippen LogP contribution < -0.4 is 10.6 Å². The fourth-order valence-corrected chi connectivity index (χ4v) is 2.74. The van der Waals surface area contributed by atoms with E-state index in [1.807, 2.05) is 37.3 Å². The number of rotatable bonds is 6. The van der Waals surface area contributed by atoms with E-state index >= 15 is 0 Å². The van der Waals surface area contributed by atoms with Crippen LogP contribution in [0.1, 0.15) is 57.3 Å². The minimum atomic E-state index is -1.06. The molecule has 0 aliphatic rings. The molecule has 5 nitrogen and oxygen atoms in total. The zero-order chi connectivity index (χ0) is 21.6. The molecule has 2 N–H and O–H groups in total. The Kier molecular flexibility index (Phi) is 7.31. The molecule has 0 saturated carbocycles. The number of alkyl carbamates (subject to hydrolysis) is 1. The third-order valence-electron chi connectivity index (χ3n) is 4.10. The van der Waals surface area contributed by atoms with Crippen molar-refractivity contribution in [1.82, 2.24) is 10.6 Å². The third kappa shape index (κ3) is 7.18. The Hall–Kier alpha value is -2.96. The lowest BCUT2D eigenvalue weighted by molar-refractivity contribution is -0.122. The molecule has 0 radical (unpaired) electrons. The van der Waals surface area contributed by atoms with Crippen LogP contribution in [-0.2, 0) is 9.53 Å². The van der Waals surface area contributed by atoms with E-state index in [0.717, 1.165) is 17.7 Å². The van der Waals surface area contributed by atoms with Crippen LogP contribution in [0.5, 0.6) is 0 Å². The molecule has 7 heteroatoms. The van der Waals surface area contributed by atoms with Crippen molar-refractivity contribution in [1.29, 1.82) is 0 Å². The number of benzene rings is 2. The molecule has 2 rings (SSSR count). The number of hydrogen-bond acceptors (Lipinski definition) is 3. The average molecular weight is 404 g/mol. The van der Waals surface area contributed by atoms with E-state index in [1.165, 1.54) is 6.07 Å². The fraction of sp³-hybridized carbons (Fsp3) is 0.364. The minimum absolute atomic E-state index is 0.165. The van der Waals surface area contributed by atoms with Gasteiger partial charge in [-0.15, -0.1) is 0 Å². The second-order valence-corrected chi connectivity index (χ2v) is 7.78. The lowest BCUT2D eigenvalue weighted by Gasteiger charge is -2.24. The van der Waals surface area contributed by atoms with Crippen LogP contribution in [0.15, 0.2) is 48.5 Å². The van der Waals surface area contributed by atoms with Crippen molar-refractivity contribution in [2.75, 3.05) is 0 Å². The highest BCUT2D eigenvalue weighted by molar-refractivity contribution is 5.78. The van der Waals surface area contributed by atoms with Gasteiger partial charge < -0.3 is 15.4 Å². The average Bonchev–Trinajstić information content (AvgIpc) is 2.62. The molecular formula is C22H26F2N2O3. The van der Waals surface area contributed by atoms with E-state index in [1.54, 1.807) is 20.8 Å². The van der Waals surface area contributed by atoms with Gasteiger partial charge in [0.25, 0.3) is 0 Å². The topological polar surface area (TPSA) is 67.4 Å². The van der Waals surface area contributed by atoms with Gasteiger partial charge >= 0.3 is 6.09 Å². The number of amides is 2. The smallest absolute Gasteiger partial charge is 0.408 e. The van der Waals surface area contributed by atoms with Crippen molar-refractivity contribution >= 4 is 12.0 Å². The Morgan fingerprint density at radius 1 is 0.966 bits per heavy atom. The fourth-order valence-electron chi connectivity index (χ4n) is 2.74. The van der Waals surface area contributed by atoms with Gasteiger partial charge in [0.15, 0.2) is 11.6 Å². The molecule has 2 amide bonds. The number of carbonyl (C=O) groups excluding carboxylic acids is 2. The molecule has 0 aromatic heterocycles. The number of halogens is 2. The standard InChI is InChI=1S/C22H26F2N2O3/c1-14(15-8-6-5-7-9-15)25-20(27)13-19(26-21(28)29-22(2,3)4)16-10-11-17(23)18(24)12-16/h5-12,14,19H,13H2,1-4H3,(H,25,27)(H,26,28)/t14-,19?/m1/s1. The summed E-state index contributed by atoms with van der Waals surface area (Å²) in [5.74, 6) is -2.42. The third-order valence-corrected chi connectivity index (χ3v) is 4.10. The van der Waals surface area contributed by atoms with E-state index in [4.69, 9.17) is 4.74 Å². The first-order valence-corrected chi connectivity index (χ1v) is 9.34. The summed E-state index contributed by atoms with van der Waals surface area (Å²) in [5.41, 5.74) is 0.440. The first-order chi connectivity index (χ1) is 13.5. The summed E-state index contributed by atoms with van der Waals surface area (Å²) in [6, 6.07) is 11.5. The summed E-state index contributed by atoms with van der Waals surface area (Å²) in [4.78, 5) is 24.7. The number of hydrogen-bond donors (Lipinski definition) is 2. The number of nitrogens with one attached hydrogen (secondary N) is 2. The van der Waals surface area contributed by atoms with Crippen LogP contribution in [0, 0.1) is 11.6 Å². The normalized spacial score (nSPS) is 13.3. The van der Waals surface area contributed by atoms with E-state index in [0.29, 0.717) is 0 Å². The van der Waals surface area contributed by atoms with Crippen molar-refractivity contribution in [2.45, 2.75) is 51.8 Å². The summed E-state index contributed by atoms with van der Waals surface area (Å²) in [7, 11) is 0. The van der Waals surface area contributed by atoms with Crippen LogP contribution >= 0.6 is 0 Å². The lowest BCUT2D eigenvalue weighted by atomic mass is 10.0.